The molecule has 1 fully saturated rings. The standard InChI is InChI=1S/C8H6N2O2/c1-2-6-7(10-12-9-6)3-5(1)8-4-11-8/h1-3,8H,4H2. The van der Waals surface area contributed by atoms with Gasteiger partial charge in [-0.05, 0) is 28.0 Å². The van der Waals surface area contributed by atoms with E-state index in [2.05, 4.69) is 14.9 Å². The molecule has 60 valence electrons. The van der Waals surface area contributed by atoms with Gasteiger partial charge in [-0.25, -0.2) is 4.63 Å². The molecule has 4 nitrogen and oxygen atoms in total. The molecule has 0 aliphatic carbocycles. The fourth-order valence-corrected chi connectivity index (χ4v) is 1.24. The van der Waals surface area contributed by atoms with Crippen molar-refractivity contribution in [3.05, 3.63) is 23.8 Å². The quantitative estimate of drug-likeness (QED) is 0.593. The van der Waals surface area contributed by atoms with Crippen LogP contribution in [0.3, 0.4) is 0 Å². The number of benzene rings is 1. The molecule has 0 radical (unpaired) electrons. The fraction of sp³-hybridized carbons (Fsp3) is 0.250. The lowest BCUT2D eigenvalue weighted by atomic mass is 10.1. The van der Waals surface area contributed by atoms with Gasteiger partial charge in [0.05, 0.1) is 6.61 Å². The Morgan fingerprint density at radius 2 is 2.08 bits per heavy atom. The SMILES string of the molecule is c1cc2nonc2cc1C1CO1. The lowest BCUT2D eigenvalue weighted by Crippen LogP contribution is -1.79. The average molecular weight is 162 g/mol. The maximum absolute atomic E-state index is 5.14. The van der Waals surface area contributed by atoms with Gasteiger partial charge in [0.25, 0.3) is 0 Å². The number of aromatic nitrogens is 2. The molecule has 0 saturated carbocycles. The van der Waals surface area contributed by atoms with Gasteiger partial charge in [-0.1, -0.05) is 6.07 Å². The molecule has 0 bridgehead atoms. The highest BCUT2D eigenvalue weighted by atomic mass is 16.6. The molecule has 1 aromatic heterocycles. The highest BCUT2D eigenvalue weighted by Gasteiger charge is 2.25. The van der Waals surface area contributed by atoms with Crippen LogP contribution in [0.25, 0.3) is 11.0 Å². The van der Waals surface area contributed by atoms with Gasteiger partial charge in [0.1, 0.15) is 17.1 Å². The number of fused-ring (bicyclic) bond motifs is 1. The highest BCUT2D eigenvalue weighted by Crippen LogP contribution is 2.30. The summed E-state index contributed by atoms with van der Waals surface area (Å²) in [6.45, 7) is 0.816. The van der Waals surface area contributed by atoms with E-state index in [0.717, 1.165) is 23.2 Å². The van der Waals surface area contributed by atoms with Crippen LogP contribution in [0.4, 0.5) is 0 Å². The first kappa shape index (κ1) is 6.14. The molecule has 2 heterocycles. The van der Waals surface area contributed by atoms with Crippen molar-refractivity contribution in [3.8, 4) is 0 Å². The third-order valence-corrected chi connectivity index (χ3v) is 1.98. The molecule has 1 aromatic carbocycles. The molecular weight excluding hydrogens is 156 g/mol. The van der Waals surface area contributed by atoms with Crippen molar-refractivity contribution in [1.29, 1.82) is 0 Å². The van der Waals surface area contributed by atoms with Crippen LogP contribution in [-0.4, -0.2) is 16.9 Å². The van der Waals surface area contributed by atoms with Crippen LogP contribution in [0.15, 0.2) is 22.8 Å². The van der Waals surface area contributed by atoms with Crippen LogP contribution in [0.2, 0.25) is 0 Å². The molecule has 2 aromatic rings. The van der Waals surface area contributed by atoms with Crippen molar-refractivity contribution in [1.82, 2.24) is 10.3 Å². The summed E-state index contributed by atoms with van der Waals surface area (Å²) in [4.78, 5) is 0. The summed E-state index contributed by atoms with van der Waals surface area (Å²) in [7, 11) is 0. The summed E-state index contributed by atoms with van der Waals surface area (Å²) in [5, 5.41) is 7.46. The monoisotopic (exact) mass is 162 g/mol. The van der Waals surface area contributed by atoms with E-state index in [0.29, 0.717) is 0 Å². The van der Waals surface area contributed by atoms with E-state index in [9.17, 15) is 0 Å². The van der Waals surface area contributed by atoms with E-state index in [4.69, 9.17) is 4.74 Å². The minimum Gasteiger partial charge on any atom is -0.368 e. The molecule has 1 atom stereocenters. The maximum atomic E-state index is 5.14. The Kier molecular flexibility index (Phi) is 1.04. The van der Waals surface area contributed by atoms with Crippen LogP contribution in [-0.2, 0) is 4.74 Å². The van der Waals surface area contributed by atoms with E-state index in [1.165, 1.54) is 0 Å². The third kappa shape index (κ3) is 0.816. The Balaban J connectivity index is 2.21. The summed E-state index contributed by atoms with van der Waals surface area (Å²) in [6, 6.07) is 5.83. The summed E-state index contributed by atoms with van der Waals surface area (Å²) in [5.74, 6) is 0. The first-order valence-electron chi connectivity index (χ1n) is 3.77. The Bertz CT molecular complexity index is 420. The zero-order valence-corrected chi connectivity index (χ0v) is 6.23. The first-order chi connectivity index (χ1) is 5.93. The van der Waals surface area contributed by atoms with Gasteiger partial charge in [0.2, 0.25) is 0 Å². The molecular formula is C8H6N2O2. The van der Waals surface area contributed by atoms with E-state index in [1.807, 2.05) is 18.2 Å². The summed E-state index contributed by atoms with van der Waals surface area (Å²) in [6.07, 6.45) is 0.270. The molecule has 0 N–H and O–H groups in total. The molecule has 1 aliphatic rings. The van der Waals surface area contributed by atoms with E-state index in [1.54, 1.807) is 0 Å². The average Bonchev–Trinajstić information content (AvgIpc) is 2.84. The second kappa shape index (κ2) is 2.04. The number of epoxide rings is 1. The lowest BCUT2D eigenvalue weighted by molar-refractivity contribution is 0.315. The predicted molar refractivity (Wildman–Crippen MR) is 40.5 cm³/mol. The van der Waals surface area contributed by atoms with Gasteiger partial charge in [-0.15, -0.1) is 0 Å². The second-order valence-electron chi connectivity index (χ2n) is 2.83. The molecule has 0 amide bonds. The largest absolute Gasteiger partial charge is 0.368 e. The minimum absolute atomic E-state index is 0.270. The van der Waals surface area contributed by atoms with Gasteiger partial charge in [0, 0.05) is 0 Å². The van der Waals surface area contributed by atoms with Crippen molar-refractivity contribution in [2.24, 2.45) is 0 Å². The van der Waals surface area contributed by atoms with E-state index in [-0.39, 0.29) is 6.10 Å². The van der Waals surface area contributed by atoms with Crippen LogP contribution in [0.5, 0.6) is 0 Å². The smallest absolute Gasteiger partial charge is 0.135 e. The third-order valence-electron chi connectivity index (χ3n) is 1.98. The summed E-state index contributed by atoms with van der Waals surface area (Å²) in [5.41, 5.74) is 2.74. The minimum atomic E-state index is 0.270. The fourth-order valence-electron chi connectivity index (χ4n) is 1.24. The summed E-state index contributed by atoms with van der Waals surface area (Å²) < 4.78 is 9.72. The molecule has 1 unspecified atom stereocenters. The van der Waals surface area contributed by atoms with Gasteiger partial charge < -0.3 is 4.74 Å². The molecule has 4 heteroatoms. The first-order valence-corrected chi connectivity index (χ1v) is 3.77. The van der Waals surface area contributed by atoms with Crippen LogP contribution in [0.1, 0.15) is 11.7 Å². The van der Waals surface area contributed by atoms with E-state index >= 15 is 0 Å². The molecule has 1 saturated heterocycles. The van der Waals surface area contributed by atoms with Crippen molar-refractivity contribution in [3.63, 3.8) is 0 Å². The highest BCUT2D eigenvalue weighted by molar-refractivity contribution is 5.73. The maximum Gasteiger partial charge on any atom is 0.135 e. The van der Waals surface area contributed by atoms with Crippen LogP contribution in [0, 0.1) is 0 Å². The molecule has 3 rings (SSSR count). The molecule has 1 aliphatic heterocycles. The van der Waals surface area contributed by atoms with E-state index < -0.39 is 0 Å². The Hall–Kier alpha value is -1.42. The van der Waals surface area contributed by atoms with Gasteiger partial charge in [-0.2, -0.15) is 0 Å². The second-order valence-corrected chi connectivity index (χ2v) is 2.83. The predicted octanol–water partition coefficient (Wildman–Crippen LogP) is 1.29. The number of hydrogen-bond donors (Lipinski definition) is 0. The van der Waals surface area contributed by atoms with Gasteiger partial charge >= 0.3 is 0 Å². The molecule has 0 spiro atoms. The topological polar surface area (TPSA) is 51.5 Å². The van der Waals surface area contributed by atoms with Crippen molar-refractivity contribution in [2.45, 2.75) is 6.10 Å². The lowest BCUT2D eigenvalue weighted by Gasteiger charge is -1.91. The molecule has 12 heavy (non-hydrogen) atoms. The van der Waals surface area contributed by atoms with Crippen molar-refractivity contribution >= 4 is 11.0 Å². The number of ether oxygens (including phenoxy) is 1. The summed E-state index contributed by atoms with van der Waals surface area (Å²) >= 11 is 0. The Morgan fingerprint density at radius 3 is 2.92 bits per heavy atom. The zero-order chi connectivity index (χ0) is 7.97. The van der Waals surface area contributed by atoms with Crippen LogP contribution >= 0.6 is 0 Å². The van der Waals surface area contributed by atoms with Crippen LogP contribution < -0.4 is 0 Å². The van der Waals surface area contributed by atoms with Crippen molar-refractivity contribution < 1.29 is 9.37 Å². The van der Waals surface area contributed by atoms with Crippen molar-refractivity contribution in [2.75, 3.05) is 6.61 Å². The number of hydrogen-bond acceptors (Lipinski definition) is 4. The zero-order valence-electron chi connectivity index (χ0n) is 6.23. The Labute approximate surface area is 68.1 Å². The number of rotatable bonds is 1. The normalized spacial score (nSPS) is 21.5. The number of nitrogens with zero attached hydrogens (tertiary/aromatic N) is 2. The Morgan fingerprint density at radius 1 is 1.25 bits per heavy atom. The van der Waals surface area contributed by atoms with Gasteiger partial charge in [0.15, 0.2) is 0 Å². The van der Waals surface area contributed by atoms with Gasteiger partial charge in [-0.3, -0.25) is 0 Å².